The van der Waals surface area contributed by atoms with Gasteiger partial charge in [0.1, 0.15) is 0 Å². The fraction of sp³-hybridized carbons (Fsp3) is 1.00. The Kier molecular flexibility index (Phi) is 13.7. The van der Waals surface area contributed by atoms with Crippen LogP contribution in [0.1, 0.15) is 128 Å². The molecule has 0 N–H and O–H groups in total. The van der Waals surface area contributed by atoms with Crippen molar-refractivity contribution in [3.8, 4) is 0 Å². The molecule has 0 aromatic carbocycles. The lowest BCUT2D eigenvalue weighted by atomic mass is 10.0. The zero-order valence-electron chi connectivity index (χ0n) is 28.5. The van der Waals surface area contributed by atoms with Crippen LogP contribution in [0.5, 0.6) is 0 Å². The van der Waals surface area contributed by atoms with E-state index in [1.165, 1.54) is 77.0 Å². The zero-order chi connectivity index (χ0) is 30.9. The van der Waals surface area contributed by atoms with E-state index in [-0.39, 0.29) is 0 Å². The number of hydrogen-bond acceptors (Lipinski definition) is 8. The van der Waals surface area contributed by atoms with Gasteiger partial charge in [-0.1, -0.05) is 77.0 Å². The Morgan fingerprint density at radius 1 is 0.341 bits per heavy atom. The predicted octanol–water partition coefficient (Wildman–Crippen LogP) is 7.91. The topological polar surface area (TPSA) is 73.8 Å². The van der Waals surface area contributed by atoms with Crippen LogP contribution < -0.4 is 0 Å². The van der Waals surface area contributed by atoms with E-state index in [1.807, 2.05) is 28.4 Å². The highest BCUT2D eigenvalue weighted by Gasteiger charge is 2.69. The van der Waals surface area contributed by atoms with Gasteiger partial charge >= 0.3 is 34.2 Å². The molecule has 5 rings (SSSR count). The van der Waals surface area contributed by atoms with Crippen molar-refractivity contribution in [3.63, 3.8) is 0 Å². The molecule has 1 aliphatic heterocycles. The molecular formula is C32H64O8Si4. The van der Waals surface area contributed by atoms with E-state index in [0.717, 1.165) is 51.4 Å². The highest BCUT2D eigenvalue weighted by atomic mass is 28.5. The van der Waals surface area contributed by atoms with Crippen molar-refractivity contribution in [1.29, 1.82) is 0 Å². The van der Waals surface area contributed by atoms with E-state index in [2.05, 4.69) is 0 Å². The van der Waals surface area contributed by atoms with E-state index in [4.69, 9.17) is 35.4 Å². The molecule has 4 aliphatic carbocycles. The minimum Gasteiger partial charge on any atom is -0.412 e. The summed E-state index contributed by atoms with van der Waals surface area (Å²) in [6.07, 6.45) is 26.3. The van der Waals surface area contributed by atoms with Crippen molar-refractivity contribution in [1.82, 2.24) is 0 Å². The predicted molar refractivity (Wildman–Crippen MR) is 182 cm³/mol. The molecule has 5 fully saturated rings. The molecule has 0 aromatic heterocycles. The van der Waals surface area contributed by atoms with E-state index >= 15 is 0 Å². The number of ether oxygens (including phenoxy) is 4. The third-order valence-electron chi connectivity index (χ3n) is 11.7. The van der Waals surface area contributed by atoms with Crippen molar-refractivity contribution in [2.75, 3.05) is 53.4 Å². The fourth-order valence-corrected chi connectivity index (χ4v) is 36.0. The van der Waals surface area contributed by atoms with E-state index in [9.17, 15) is 0 Å². The average molecular weight is 689 g/mol. The summed E-state index contributed by atoms with van der Waals surface area (Å²) in [6, 6.07) is 0. The Bertz CT molecular complexity index is 700. The summed E-state index contributed by atoms with van der Waals surface area (Å²) in [5.74, 6) is 0. The first-order valence-corrected chi connectivity index (χ1v) is 26.7. The molecule has 8 nitrogen and oxygen atoms in total. The standard InChI is InChI=1S/C32H64O8Si4/c1-33-25-41(29-17-9-5-10-18-29)37-42(26-34-2,30-19-11-6-12-20-30)39-44(28-36-4,32-23-15-8-16-24-32)40-43(38-41,27-35-3)31-21-13-7-14-22-31/h29-32H,5-28H2,1-4H3. The monoisotopic (exact) mass is 688 g/mol. The summed E-state index contributed by atoms with van der Waals surface area (Å²) >= 11 is 0. The third kappa shape index (κ3) is 7.88. The molecule has 1 saturated heterocycles. The summed E-state index contributed by atoms with van der Waals surface area (Å²) in [4.78, 5) is 0. The second kappa shape index (κ2) is 16.8. The van der Waals surface area contributed by atoms with Crippen molar-refractivity contribution >= 4 is 34.2 Å². The first-order valence-electron chi connectivity index (χ1n) is 18.3. The molecule has 0 unspecified atom stereocenters. The van der Waals surface area contributed by atoms with Gasteiger partial charge in [-0.15, -0.1) is 0 Å². The summed E-state index contributed by atoms with van der Waals surface area (Å²) in [5, 5.41) is 0. The maximum Gasteiger partial charge on any atom is 0.350 e. The van der Waals surface area contributed by atoms with E-state index in [0.29, 0.717) is 47.1 Å². The second-order valence-electron chi connectivity index (χ2n) is 14.7. The van der Waals surface area contributed by atoms with Crippen LogP contribution in [0.4, 0.5) is 0 Å². The molecule has 12 heteroatoms. The Labute approximate surface area is 272 Å². The SMILES string of the molecule is COC[Si]1(C2CCCCC2)O[Si](COC)(C2CCCCC2)O[Si](COC)(C2CCCCC2)O[Si](COC)(C2CCCCC2)O1. The van der Waals surface area contributed by atoms with Gasteiger partial charge in [0, 0.05) is 50.6 Å². The summed E-state index contributed by atoms with van der Waals surface area (Å²) in [7, 11) is -4.78. The fourth-order valence-electron chi connectivity index (χ4n) is 9.60. The molecule has 0 atom stereocenters. The largest absolute Gasteiger partial charge is 0.412 e. The van der Waals surface area contributed by atoms with Crippen LogP contribution in [0.25, 0.3) is 0 Å². The molecule has 44 heavy (non-hydrogen) atoms. The van der Waals surface area contributed by atoms with E-state index < -0.39 is 34.2 Å². The molecule has 0 aromatic rings. The molecule has 0 amide bonds. The van der Waals surface area contributed by atoms with Gasteiger partial charge in [0.25, 0.3) is 0 Å². The van der Waals surface area contributed by atoms with Gasteiger partial charge in [0.05, 0.1) is 24.9 Å². The Morgan fingerprint density at radius 2 is 0.523 bits per heavy atom. The van der Waals surface area contributed by atoms with Crippen molar-refractivity contribution < 1.29 is 35.4 Å². The Hall–Kier alpha value is 0.548. The van der Waals surface area contributed by atoms with Crippen molar-refractivity contribution in [3.05, 3.63) is 0 Å². The van der Waals surface area contributed by atoms with Crippen molar-refractivity contribution in [2.45, 2.75) is 151 Å². The first kappa shape index (κ1) is 35.8. The highest BCUT2D eigenvalue weighted by molar-refractivity contribution is 6.96. The molecule has 0 bridgehead atoms. The van der Waals surface area contributed by atoms with Crippen LogP contribution in [0.15, 0.2) is 0 Å². The molecule has 0 radical (unpaired) electrons. The lowest BCUT2D eigenvalue weighted by molar-refractivity contribution is 0.0930. The van der Waals surface area contributed by atoms with Gasteiger partial charge < -0.3 is 35.4 Å². The number of rotatable bonds is 12. The van der Waals surface area contributed by atoms with Gasteiger partial charge in [0.2, 0.25) is 0 Å². The minimum atomic E-state index is -3.04. The first-order chi connectivity index (χ1) is 21.5. The lowest BCUT2D eigenvalue weighted by Gasteiger charge is -2.59. The van der Waals surface area contributed by atoms with Crippen LogP contribution in [-0.4, -0.2) is 87.6 Å². The van der Waals surface area contributed by atoms with Gasteiger partial charge in [0.15, 0.2) is 0 Å². The van der Waals surface area contributed by atoms with Gasteiger partial charge in [-0.25, -0.2) is 0 Å². The summed E-state index contributed by atoms with van der Waals surface area (Å²) in [5.41, 5.74) is 1.48. The number of methoxy groups -OCH3 is 4. The normalized spacial score (nSPS) is 37.9. The van der Waals surface area contributed by atoms with Gasteiger partial charge in [-0.2, -0.15) is 0 Å². The van der Waals surface area contributed by atoms with Crippen LogP contribution >= 0.6 is 0 Å². The minimum absolute atomic E-state index is 0.370. The molecule has 5 aliphatic rings. The maximum atomic E-state index is 8.07. The summed E-state index contributed by atoms with van der Waals surface area (Å²) < 4.78 is 57.2. The average Bonchev–Trinajstić information content (AvgIpc) is 3.06. The van der Waals surface area contributed by atoms with Gasteiger partial charge in [-0.3, -0.25) is 0 Å². The summed E-state index contributed by atoms with van der Waals surface area (Å²) in [6.45, 7) is 0. The highest BCUT2D eigenvalue weighted by Crippen LogP contribution is 2.54. The van der Waals surface area contributed by atoms with Crippen molar-refractivity contribution in [2.24, 2.45) is 0 Å². The Morgan fingerprint density at radius 3 is 0.682 bits per heavy atom. The smallest absolute Gasteiger partial charge is 0.350 e. The Balaban J connectivity index is 1.72. The zero-order valence-corrected chi connectivity index (χ0v) is 32.5. The van der Waals surface area contributed by atoms with Crippen LogP contribution in [0.2, 0.25) is 22.2 Å². The molecule has 0 spiro atoms. The molecular weight excluding hydrogens is 625 g/mol. The second-order valence-corrected chi connectivity index (χ2v) is 28.9. The number of hydrogen-bond donors (Lipinski definition) is 0. The van der Waals surface area contributed by atoms with Gasteiger partial charge in [-0.05, 0) is 51.4 Å². The molecule has 4 saturated carbocycles. The molecule has 1 heterocycles. The third-order valence-corrected chi connectivity index (χ3v) is 32.8. The maximum absolute atomic E-state index is 8.07. The molecule has 256 valence electrons. The van der Waals surface area contributed by atoms with E-state index in [1.54, 1.807) is 0 Å². The quantitative estimate of drug-likeness (QED) is 0.192. The van der Waals surface area contributed by atoms with Crippen LogP contribution in [-0.2, 0) is 35.4 Å². The van der Waals surface area contributed by atoms with Crippen LogP contribution in [0, 0.1) is 0 Å². The lowest BCUT2D eigenvalue weighted by Crippen LogP contribution is -2.78. The van der Waals surface area contributed by atoms with Crippen LogP contribution in [0.3, 0.4) is 0 Å².